The van der Waals surface area contributed by atoms with Gasteiger partial charge in [0.2, 0.25) is 0 Å². The largest absolute Gasteiger partial charge is 0.478 e. The van der Waals surface area contributed by atoms with E-state index in [2.05, 4.69) is 4.98 Å². The molecule has 1 aromatic carbocycles. The zero-order chi connectivity index (χ0) is 15.8. The molecular weight excluding hydrogens is 272 g/mol. The summed E-state index contributed by atoms with van der Waals surface area (Å²) in [5, 5.41) is 9.27. The van der Waals surface area contributed by atoms with E-state index in [1.54, 1.807) is 16.7 Å². The van der Waals surface area contributed by atoms with Crippen LogP contribution in [-0.4, -0.2) is 33.7 Å². The molecule has 21 heavy (non-hydrogen) atoms. The monoisotopic (exact) mass is 290 g/mol. The van der Waals surface area contributed by atoms with Crippen LogP contribution in [0.2, 0.25) is 0 Å². The number of nitrogens with zero attached hydrogens (tertiary/aromatic N) is 2. The standard InChI is InChI=1S/C15H18N2O4/c1-15(2,3)14-16-12-9(13(19)20)6-5-7-10(12)17(14)8-11(18)21-4/h5-7H,8H2,1-4H3,(H,19,20). The Morgan fingerprint density at radius 1 is 1.33 bits per heavy atom. The van der Waals surface area contributed by atoms with Crippen LogP contribution in [0.3, 0.4) is 0 Å². The molecule has 0 aliphatic carbocycles. The zero-order valence-corrected chi connectivity index (χ0v) is 12.5. The lowest BCUT2D eigenvalue weighted by atomic mass is 9.95. The van der Waals surface area contributed by atoms with Crippen molar-refractivity contribution in [2.24, 2.45) is 0 Å². The van der Waals surface area contributed by atoms with Gasteiger partial charge in [-0.05, 0) is 12.1 Å². The maximum absolute atomic E-state index is 11.6. The van der Waals surface area contributed by atoms with Crippen LogP contribution in [0.15, 0.2) is 18.2 Å². The summed E-state index contributed by atoms with van der Waals surface area (Å²) >= 11 is 0. The number of aromatic nitrogens is 2. The average molecular weight is 290 g/mol. The molecule has 0 bridgehead atoms. The van der Waals surface area contributed by atoms with Gasteiger partial charge in [-0.1, -0.05) is 26.8 Å². The Morgan fingerprint density at radius 2 is 2.00 bits per heavy atom. The first-order valence-corrected chi connectivity index (χ1v) is 6.55. The number of carboxylic acids is 1. The molecule has 1 N–H and O–H groups in total. The SMILES string of the molecule is COC(=O)Cn1c(C(C)(C)C)nc2c(C(=O)O)cccc21. The van der Waals surface area contributed by atoms with Gasteiger partial charge in [0.1, 0.15) is 17.9 Å². The summed E-state index contributed by atoms with van der Waals surface area (Å²) in [6, 6.07) is 4.91. The van der Waals surface area contributed by atoms with Gasteiger partial charge < -0.3 is 14.4 Å². The molecule has 1 aromatic heterocycles. The third kappa shape index (κ3) is 2.74. The lowest BCUT2D eigenvalue weighted by molar-refractivity contribution is -0.141. The van der Waals surface area contributed by atoms with Gasteiger partial charge in [-0.2, -0.15) is 0 Å². The summed E-state index contributed by atoms with van der Waals surface area (Å²) in [6.45, 7) is 5.88. The Bertz CT molecular complexity index is 710. The van der Waals surface area contributed by atoms with Crippen molar-refractivity contribution >= 4 is 23.0 Å². The lowest BCUT2D eigenvalue weighted by Crippen LogP contribution is -2.22. The molecule has 0 saturated heterocycles. The van der Waals surface area contributed by atoms with Gasteiger partial charge in [-0.25, -0.2) is 9.78 Å². The summed E-state index contributed by atoms with van der Waals surface area (Å²) in [5.41, 5.74) is 0.800. The fourth-order valence-electron chi connectivity index (χ4n) is 2.25. The Morgan fingerprint density at radius 3 is 2.52 bits per heavy atom. The number of carboxylic acid groups (broad SMARTS) is 1. The van der Waals surface area contributed by atoms with Crippen LogP contribution < -0.4 is 0 Å². The van der Waals surface area contributed by atoms with E-state index in [1.807, 2.05) is 20.8 Å². The van der Waals surface area contributed by atoms with Crippen LogP contribution in [0, 0.1) is 0 Å². The molecule has 0 radical (unpaired) electrons. The number of aromatic carboxylic acids is 1. The first-order chi connectivity index (χ1) is 9.75. The molecule has 0 atom stereocenters. The fraction of sp³-hybridized carbons (Fsp3) is 0.400. The summed E-state index contributed by atoms with van der Waals surface area (Å²) in [5.74, 6) is -0.791. The zero-order valence-electron chi connectivity index (χ0n) is 12.5. The van der Waals surface area contributed by atoms with E-state index in [1.165, 1.54) is 13.2 Å². The van der Waals surface area contributed by atoms with Gasteiger partial charge in [0.25, 0.3) is 0 Å². The number of carbonyl (C=O) groups excluding carboxylic acids is 1. The predicted octanol–water partition coefficient (Wildman–Crippen LogP) is 2.21. The molecule has 0 spiro atoms. The molecule has 0 aliphatic heterocycles. The molecule has 0 aliphatic rings. The van der Waals surface area contributed by atoms with E-state index < -0.39 is 11.9 Å². The second-order valence-electron chi connectivity index (χ2n) is 5.83. The van der Waals surface area contributed by atoms with Crippen molar-refractivity contribution in [1.82, 2.24) is 9.55 Å². The number of imidazole rings is 1. The van der Waals surface area contributed by atoms with Crippen LogP contribution in [0.1, 0.15) is 37.0 Å². The molecule has 112 valence electrons. The average Bonchev–Trinajstić information content (AvgIpc) is 2.77. The normalized spacial score (nSPS) is 11.6. The fourth-order valence-corrected chi connectivity index (χ4v) is 2.25. The first kappa shape index (κ1) is 15.0. The topological polar surface area (TPSA) is 81.4 Å². The Hall–Kier alpha value is -2.37. The first-order valence-electron chi connectivity index (χ1n) is 6.55. The second-order valence-corrected chi connectivity index (χ2v) is 5.83. The molecule has 6 heteroatoms. The van der Waals surface area contributed by atoms with Gasteiger partial charge in [-0.15, -0.1) is 0 Å². The molecule has 6 nitrogen and oxygen atoms in total. The van der Waals surface area contributed by atoms with Crippen molar-refractivity contribution in [3.8, 4) is 0 Å². The smallest absolute Gasteiger partial charge is 0.337 e. The van der Waals surface area contributed by atoms with Gasteiger partial charge in [0.15, 0.2) is 0 Å². The molecule has 2 rings (SSSR count). The molecule has 1 heterocycles. The van der Waals surface area contributed by atoms with Crippen molar-refractivity contribution in [1.29, 1.82) is 0 Å². The second kappa shape index (κ2) is 5.20. The van der Waals surface area contributed by atoms with Crippen LogP contribution in [0.4, 0.5) is 0 Å². The van der Waals surface area contributed by atoms with Crippen molar-refractivity contribution in [2.45, 2.75) is 32.7 Å². The summed E-state index contributed by atoms with van der Waals surface area (Å²) in [4.78, 5) is 27.4. The maximum Gasteiger partial charge on any atom is 0.337 e. The van der Waals surface area contributed by atoms with E-state index in [0.29, 0.717) is 16.9 Å². The van der Waals surface area contributed by atoms with Gasteiger partial charge in [0.05, 0.1) is 18.2 Å². The molecule has 0 fully saturated rings. The Kier molecular flexibility index (Phi) is 3.72. The van der Waals surface area contributed by atoms with E-state index in [4.69, 9.17) is 4.74 Å². The molecular formula is C15H18N2O4. The van der Waals surface area contributed by atoms with Gasteiger partial charge in [-0.3, -0.25) is 4.79 Å². The number of rotatable bonds is 3. The minimum Gasteiger partial charge on any atom is -0.478 e. The minimum atomic E-state index is -1.04. The number of ether oxygens (including phenoxy) is 1. The van der Waals surface area contributed by atoms with E-state index >= 15 is 0 Å². The third-order valence-corrected chi connectivity index (χ3v) is 3.20. The number of hydrogen-bond acceptors (Lipinski definition) is 4. The van der Waals surface area contributed by atoms with E-state index in [-0.39, 0.29) is 17.5 Å². The number of methoxy groups -OCH3 is 1. The quantitative estimate of drug-likeness (QED) is 0.876. The number of para-hydroxylation sites is 1. The van der Waals surface area contributed by atoms with Crippen molar-refractivity contribution in [3.63, 3.8) is 0 Å². The highest BCUT2D eigenvalue weighted by Gasteiger charge is 2.26. The molecule has 2 aromatic rings. The number of fused-ring (bicyclic) bond motifs is 1. The van der Waals surface area contributed by atoms with E-state index in [9.17, 15) is 14.7 Å². The molecule has 0 amide bonds. The number of hydrogen-bond donors (Lipinski definition) is 1. The Balaban J connectivity index is 2.76. The van der Waals surface area contributed by atoms with Gasteiger partial charge >= 0.3 is 11.9 Å². The molecule has 0 saturated carbocycles. The Labute approximate surface area is 122 Å². The number of esters is 1. The van der Waals surface area contributed by atoms with Crippen LogP contribution in [-0.2, 0) is 21.5 Å². The highest BCUT2D eigenvalue weighted by Crippen LogP contribution is 2.28. The predicted molar refractivity (Wildman–Crippen MR) is 77.4 cm³/mol. The van der Waals surface area contributed by atoms with Crippen molar-refractivity contribution < 1.29 is 19.4 Å². The summed E-state index contributed by atoms with van der Waals surface area (Å²) in [6.07, 6.45) is 0. The minimum absolute atomic E-state index is 0.00265. The highest BCUT2D eigenvalue weighted by molar-refractivity contribution is 6.01. The molecule has 0 unspecified atom stereocenters. The maximum atomic E-state index is 11.6. The van der Waals surface area contributed by atoms with Crippen molar-refractivity contribution in [3.05, 3.63) is 29.6 Å². The van der Waals surface area contributed by atoms with Crippen LogP contribution >= 0.6 is 0 Å². The highest BCUT2D eigenvalue weighted by atomic mass is 16.5. The van der Waals surface area contributed by atoms with Crippen LogP contribution in [0.25, 0.3) is 11.0 Å². The third-order valence-electron chi connectivity index (χ3n) is 3.20. The number of benzene rings is 1. The lowest BCUT2D eigenvalue weighted by Gasteiger charge is -2.19. The summed E-state index contributed by atoms with van der Waals surface area (Å²) < 4.78 is 6.43. The van der Waals surface area contributed by atoms with Crippen LogP contribution in [0.5, 0.6) is 0 Å². The van der Waals surface area contributed by atoms with E-state index in [0.717, 1.165) is 0 Å². The van der Waals surface area contributed by atoms with Crippen molar-refractivity contribution in [2.75, 3.05) is 7.11 Å². The summed E-state index contributed by atoms with van der Waals surface area (Å²) in [7, 11) is 1.32. The van der Waals surface area contributed by atoms with Gasteiger partial charge in [0, 0.05) is 5.41 Å². The number of carbonyl (C=O) groups is 2.